The summed E-state index contributed by atoms with van der Waals surface area (Å²) >= 11 is 0.0539. The van der Waals surface area contributed by atoms with Crippen molar-refractivity contribution < 1.29 is 4.79 Å². The summed E-state index contributed by atoms with van der Waals surface area (Å²) < 4.78 is 4.03. The molecule has 1 amide bonds. The zero-order chi connectivity index (χ0) is 7.40. The Hall–Kier alpha value is -0.490. The molecule has 0 saturated carbocycles. The quantitative estimate of drug-likeness (QED) is 0.302. The summed E-state index contributed by atoms with van der Waals surface area (Å²) in [4.78, 5) is 10.8. The maximum Gasteiger partial charge on any atom is 0.265 e. The Labute approximate surface area is 68.7 Å². The molecule has 0 aromatic heterocycles. The molecule has 0 atom stereocenters. The topological polar surface area (TPSA) is 55.1 Å². The summed E-state index contributed by atoms with van der Waals surface area (Å²) in [5.74, 6) is 4.70. The van der Waals surface area contributed by atoms with E-state index in [4.69, 9.17) is 5.84 Å². The number of nitrogens with one attached hydrogen (secondary N) is 1. The van der Waals surface area contributed by atoms with Gasteiger partial charge in [-0.15, -0.1) is 0 Å². The number of allylic oxidation sites excluding steroid dienone is 1. The lowest BCUT2D eigenvalue weighted by Crippen LogP contribution is -2.31. The Kier molecular flexibility index (Phi) is 2.76. The van der Waals surface area contributed by atoms with E-state index in [1.54, 1.807) is 12.2 Å². The minimum atomic E-state index is -0.226. The molecule has 0 aromatic rings. The fourth-order valence-electron chi connectivity index (χ4n) is 0.541. The van der Waals surface area contributed by atoms with Crippen LogP contribution in [0.5, 0.6) is 0 Å². The number of hydrogen-bond donors (Lipinski definition) is 2. The molecule has 0 aliphatic carbocycles. The summed E-state index contributed by atoms with van der Waals surface area (Å²) in [5, 5.41) is 0. The number of rotatable bonds is 1. The lowest BCUT2D eigenvalue weighted by atomic mass is 10.2. The first kappa shape index (κ1) is 7.62. The van der Waals surface area contributed by atoms with E-state index < -0.39 is 0 Å². The van der Waals surface area contributed by atoms with Gasteiger partial charge in [0.1, 0.15) is 0 Å². The second kappa shape index (κ2) is 3.62. The van der Waals surface area contributed by atoms with Crippen molar-refractivity contribution in [2.24, 2.45) is 5.84 Å². The van der Waals surface area contributed by atoms with Crippen molar-refractivity contribution in [1.29, 1.82) is 0 Å². The van der Waals surface area contributed by atoms with Crippen molar-refractivity contribution in [3.8, 4) is 0 Å². The first-order chi connectivity index (χ1) is 4.84. The van der Waals surface area contributed by atoms with Crippen molar-refractivity contribution >= 4 is 30.6 Å². The first-order valence-electron chi connectivity index (χ1n) is 2.67. The van der Waals surface area contributed by atoms with Crippen LogP contribution >= 0.6 is 20.7 Å². The molecule has 1 rings (SSSR count). The van der Waals surface area contributed by atoms with Crippen LogP contribution in [0.4, 0.5) is 0 Å². The Balaban J connectivity index is 2.74. The van der Waals surface area contributed by atoms with Gasteiger partial charge in [0, 0.05) is 5.57 Å². The second-order valence-corrected chi connectivity index (χ2v) is 3.80. The van der Waals surface area contributed by atoms with E-state index in [0.717, 1.165) is 0 Å². The fourth-order valence-corrected chi connectivity index (χ4v) is 1.97. The van der Waals surface area contributed by atoms with E-state index >= 15 is 0 Å². The average Bonchev–Trinajstić information content (AvgIpc) is 2.05. The fraction of sp³-hybridized carbons (Fsp3) is 0. The first-order valence-corrected chi connectivity index (χ1v) is 5.16. The van der Waals surface area contributed by atoms with Gasteiger partial charge < -0.3 is 0 Å². The molecule has 0 spiro atoms. The van der Waals surface area contributed by atoms with Gasteiger partial charge in [0.2, 0.25) is 0 Å². The molecule has 0 aromatic carbocycles. The predicted octanol–water partition coefficient (Wildman–Crippen LogP) is 0.203. The van der Waals surface area contributed by atoms with E-state index in [1.165, 1.54) is 0 Å². The highest BCUT2D eigenvalue weighted by atomic mass is 127. The van der Waals surface area contributed by atoms with Crippen molar-refractivity contribution in [1.82, 2.24) is 5.43 Å². The van der Waals surface area contributed by atoms with Crippen molar-refractivity contribution in [2.45, 2.75) is 0 Å². The third kappa shape index (κ3) is 1.74. The summed E-state index contributed by atoms with van der Waals surface area (Å²) in [7, 11) is 0. The highest BCUT2D eigenvalue weighted by Gasteiger charge is 2.02. The van der Waals surface area contributed by atoms with E-state index in [9.17, 15) is 4.79 Å². The molecule has 0 unspecified atom stereocenters. The van der Waals surface area contributed by atoms with E-state index in [0.29, 0.717) is 5.57 Å². The molecule has 54 valence electrons. The number of hydrogen-bond acceptors (Lipinski definition) is 2. The molecule has 3 N–H and O–H groups in total. The van der Waals surface area contributed by atoms with Crippen LogP contribution in [-0.4, -0.2) is 9.92 Å². The highest BCUT2D eigenvalue weighted by Crippen LogP contribution is 2.08. The van der Waals surface area contributed by atoms with Gasteiger partial charge in [0.15, 0.2) is 0 Å². The minimum absolute atomic E-state index is 0.0539. The third-order valence-corrected chi connectivity index (χ3v) is 2.57. The maximum atomic E-state index is 10.8. The molecule has 4 heteroatoms. The zero-order valence-electron chi connectivity index (χ0n) is 5.17. The summed E-state index contributed by atoms with van der Waals surface area (Å²) in [5.41, 5.74) is 2.70. The van der Waals surface area contributed by atoms with Gasteiger partial charge in [0.05, 0.1) is 0 Å². The van der Waals surface area contributed by atoms with Crippen LogP contribution in [0.1, 0.15) is 0 Å². The maximum absolute atomic E-state index is 10.8. The highest BCUT2D eigenvalue weighted by molar-refractivity contribution is 14.2. The van der Waals surface area contributed by atoms with Gasteiger partial charge >= 0.3 is 0 Å². The molecule has 0 fully saturated rings. The number of halogens is 1. The average molecular weight is 250 g/mol. The molecule has 1 aliphatic rings. The smallest absolute Gasteiger partial charge is 0.265 e. The van der Waals surface area contributed by atoms with Crippen LogP contribution in [0.25, 0.3) is 0 Å². The van der Waals surface area contributed by atoms with Crippen molar-refractivity contribution in [2.75, 3.05) is 0 Å². The van der Waals surface area contributed by atoms with Crippen LogP contribution in [0.15, 0.2) is 21.8 Å². The van der Waals surface area contributed by atoms with Crippen molar-refractivity contribution in [3.05, 3.63) is 21.8 Å². The van der Waals surface area contributed by atoms with E-state index in [1.807, 2.05) is 8.09 Å². The van der Waals surface area contributed by atoms with Crippen LogP contribution < -0.4 is 11.3 Å². The Bertz CT molecular complexity index is 230. The number of amides is 1. The Morgan fingerprint density at radius 2 is 2.50 bits per heavy atom. The normalized spacial score (nSPS) is 15.5. The number of hydrazine groups is 1. The molecule has 0 saturated heterocycles. The summed E-state index contributed by atoms with van der Waals surface area (Å²) in [6.45, 7) is 0. The van der Waals surface area contributed by atoms with Crippen molar-refractivity contribution in [3.63, 3.8) is 0 Å². The molecule has 3 nitrogen and oxygen atoms in total. The SMILES string of the molecule is NNC(=O)C1=CC=IC=C1. The number of nitrogens with two attached hydrogens (primary N) is 1. The van der Waals surface area contributed by atoms with Crippen LogP contribution in [0.2, 0.25) is 0 Å². The van der Waals surface area contributed by atoms with Gasteiger partial charge in [-0.3, -0.25) is 10.2 Å². The number of carbonyl (C=O) groups excluding carboxylic acids is 1. The van der Waals surface area contributed by atoms with Crippen LogP contribution in [-0.2, 0) is 4.79 Å². The van der Waals surface area contributed by atoms with Gasteiger partial charge in [-0.2, -0.15) is 0 Å². The Morgan fingerprint density at radius 1 is 1.70 bits per heavy atom. The molecule has 0 bridgehead atoms. The second-order valence-electron chi connectivity index (χ2n) is 1.64. The molecule has 1 heterocycles. The van der Waals surface area contributed by atoms with E-state index in [-0.39, 0.29) is 26.6 Å². The molecule has 1 aliphatic heterocycles. The van der Waals surface area contributed by atoms with Crippen LogP contribution in [0, 0.1) is 0 Å². The van der Waals surface area contributed by atoms with Gasteiger partial charge in [-0.25, -0.2) is 5.84 Å². The monoisotopic (exact) mass is 250 g/mol. The molecule has 0 radical (unpaired) electrons. The standard InChI is InChI=1S/C6H7IN2O/c8-9-6(10)5-1-3-7-4-2-5/h1-4H,8H2,(H,9,10). The van der Waals surface area contributed by atoms with Gasteiger partial charge in [0.25, 0.3) is 5.91 Å². The minimum Gasteiger partial charge on any atom is -0.290 e. The molecular formula is C6H7IN2O. The third-order valence-electron chi connectivity index (χ3n) is 1.02. The van der Waals surface area contributed by atoms with E-state index in [2.05, 4.69) is 5.43 Å². The summed E-state index contributed by atoms with van der Waals surface area (Å²) in [6, 6.07) is 0. The molecule has 10 heavy (non-hydrogen) atoms. The lowest BCUT2D eigenvalue weighted by molar-refractivity contribution is -0.117. The largest absolute Gasteiger partial charge is 0.290 e. The number of carbonyl (C=O) groups is 1. The molecular weight excluding hydrogens is 243 g/mol. The Morgan fingerprint density at radius 3 is 3.00 bits per heavy atom. The summed E-state index contributed by atoms with van der Waals surface area (Å²) in [6.07, 6.45) is 3.60. The zero-order valence-corrected chi connectivity index (χ0v) is 7.33. The van der Waals surface area contributed by atoms with Crippen LogP contribution in [0.3, 0.4) is 0 Å². The lowest BCUT2D eigenvalue weighted by Gasteiger charge is -1.99. The van der Waals surface area contributed by atoms with Gasteiger partial charge in [-0.1, -0.05) is 20.7 Å². The van der Waals surface area contributed by atoms with Gasteiger partial charge in [-0.05, 0) is 20.2 Å². The predicted molar refractivity (Wildman–Crippen MR) is 49.6 cm³/mol.